The van der Waals surface area contributed by atoms with Crippen LogP contribution < -0.4 is 9.47 Å². The normalized spacial score (nSPS) is 10.3. The van der Waals surface area contributed by atoms with Crippen LogP contribution in [-0.4, -0.2) is 17.1 Å². The number of pyridine rings is 2. The molecule has 0 spiro atoms. The van der Waals surface area contributed by atoms with Crippen LogP contribution in [0.15, 0.2) is 30.3 Å². The molecule has 0 unspecified atom stereocenters. The second kappa shape index (κ2) is 6.38. The fraction of sp³-hybridized carbons (Fsp3) is 0.286. The van der Waals surface area contributed by atoms with Gasteiger partial charge in [0.1, 0.15) is 12.4 Å². The minimum absolute atomic E-state index is 0.322. The Morgan fingerprint density at radius 3 is 2.74 bits per heavy atom. The monoisotopic (exact) mass is 278 g/mol. The summed E-state index contributed by atoms with van der Waals surface area (Å²) in [6.45, 7) is 2.27. The predicted octanol–water partition coefficient (Wildman–Crippen LogP) is 3.11. The molecule has 0 fully saturated rings. The molecular formula is C14H15ClN2O2. The zero-order valence-electron chi connectivity index (χ0n) is 10.9. The number of halogens is 1. The van der Waals surface area contributed by atoms with E-state index in [1.54, 1.807) is 13.2 Å². The fourth-order valence-electron chi connectivity index (χ4n) is 1.63. The Kier molecular flexibility index (Phi) is 4.58. The lowest BCUT2D eigenvalue weighted by atomic mass is 10.3. The van der Waals surface area contributed by atoms with Crippen molar-refractivity contribution in [1.82, 2.24) is 9.97 Å². The number of hydrogen-bond acceptors (Lipinski definition) is 4. The van der Waals surface area contributed by atoms with Crippen LogP contribution >= 0.6 is 11.6 Å². The Bertz CT molecular complexity index is 561. The second-order valence-corrected chi connectivity index (χ2v) is 4.26. The molecule has 0 aromatic carbocycles. The van der Waals surface area contributed by atoms with Gasteiger partial charge < -0.3 is 9.47 Å². The van der Waals surface area contributed by atoms with Crippen molar-refractivity contribution in [1.29, 1.82) is 0 Å². The maximum atomic E-state index is 5.86. The van der Waals surface area contributed by atoms with Crippen LogP contribution in [-0.2, 0) is 12.5 Å². The molecular weight excluding hydrogens is 264 g/mol. The average molecular weight is 279 g/mol. The molecule has 0 aliphatic carbocycles. The van der Waals surface area contributed by atoms with E-state index in [9.17, 15) is 0 Å². The Labute approximate surface area is 117 Å². The summed E-state index contributed by atoms with van der Waals surface area (Å²) in [5.41, 5.74) is 2.45. The number of methoxy groups -OCH3 is 1. The van der Waals surface area contributed by atoms with Gasteiger partial charge in [-0.15, -0.1) is 11.6 Å². The quantitative estimate of drug-likeness (QED) is 0.788. The van der Waals surface area contributed by atoms with Gasteiger partial charge in [0.2, 0.25) is 5.88 Å². The van der Waals surface area contributed by atoms with E-state index in [1.807, 2.05) is 31.2 Å². The summed E-state index contributed by atoms with van der Waals surface area (Å²) < 4.78 is 10.8. The van der Waals surface area contributed by atoms with Crippen molar-refractivity contribution in [2.24, 2.45) is 0 Å². The minimum Gasteiger partial charge on any atom is -0.485 e. The topological polar surface area (TPSA) is 44.2 Å². The highest BCUT2D eigenvalue weighted by atomic mass is 35.5. The maximum Gasteiger partial charge on any atom is 0.213 e. The molecule has 0 saturated carbocycles. The summed E-state index contributed by atoms with van der Waals surface area (Å²) in [5.74, 6) is 1.58. The van der Waals surface area contributed by atoms with Crippen molar-refractivity contribution in [3.05, 3.63) is 47.4 Å². The van der Waals surface area contributed by atoms with Gasteiger partial charge in [0.15, 0.2) is 0 Å². The molecule has 0 saturated heterocycles. The molecule has 0 atom stereocenters. The minimum atomic E-state index is 0.322. The molecule has 0 aliphatic rings. The number of rotatable bonds is 5. The number of ether oxygens (including phenoxy) is 2. The first-order valence-corrected chi connectivity index (χ1v) is 6.41. The smallest absolute Gasteiger partial charge is 0.213 e. The first-order chi connectivity index (χ1) is 9.22. The molecule has 5 heteroatoms. The fourth-order valence-corrected chi connectivity index (χ4v) is 1.82. The van der Waals surface area contributed by atoms with Crippen molar-refractivity contribution in [3.8, 4) is 11.6 Å². The molecule has 2 aromatic heterocycles. The number of aromatic nitrogens is 2. The average Bonchev–Trinajstić information content (AvgIpc) is 2.46. The SMILES string of the molecule is COc1cccc(COc2ccc(C)nc2CCl)n1. The predicted molar refractivity (Wildman–Crippen MR) is 73.7 cm³/mol. The summed E-state index contributed by atoms with van der Waals surface area (Å²) in [7, 11) is 1.59. The van der Waals surface area contributed by atoms with Crippen molar-refractivity contribution in [2.75, 3.05) is 7.11 Å². The Morgan fingerprint density at radius 1 is 1.16 bits per heavy atom. The van der Waals surface area contributed by atoms with E-state index >= 15 is 0 Å². The van der Waals surface area contributed by atoms with E-state index in [-0.39, 0.29) is 0 Å². The van der Waals surface area contributed by atoms with Gasteiger partial charge in [-0.3, -0.25) is 4.98 Å². The molecule has 2 aromatic rings. The van der Waals surface area contributed by atoms with Crippen molar-refractivity contribution < 1.29 is 9.47 Å². The molecule has 100 valence electrons. The van der Waals surface area contributed by atoms with Crippen LogP contribution in [0.4, 0.5) is 0 Å². The highest BCUT2D eigenvalue weighted by Gasteiger charge is 2.06. The molecule has 19 heavy (non-hydrogen) atoms. The zero-order chi connectivity index (χ0) is 13.7. The van der Waals surface area contributed by atoms with E-state index in [0.717, 1.165) is 17.1 Å². The molecule has 0 bridgehead atoms. The second-order valence-electron chi connectivity index (χ2n) is 3.99. The number of aryl methyl sites for hydroxylation is 1. The molecule has 2 rings (SSSR count). The summed E-state index contributed by atoms with van der Waals surface area (Å²) in [6.07, 6.45) is 0. The van der Waals surface area contributed by atoms with E-state index in [4.69, 9.17) is 21.1 Å². The molecule has 0 amide bonds. The van der Waals surface area contributed by atoms with Crippen molar-refractivity contribution in [3.63, 3.8) is 0 Å². The number of nitrogens with zero attached hydrogens (tertiary/aromatic N) is 2. The van der Waals surface area contributed by atoms with Crippen molar-refractivity contribution >= 4 is 11.6 Å². The first kappa shape index (κ1) is 13.6. The van der Waals surface area contributed by atoms with Crippen molar-refractivity contribution in [2.45, 2.75) is 19.4 Å². The third-order valence-corrected chi connectivity index (χ3v) is 2.82. The lowest BCUT2D eigenvalue weighted by Crippen LogP contribution is -2.02. The Balaban J connectivity index is 2.09. The number of hydrogen-bond donors (Lipinski definition) is 0. The molecule has 0 radical (unpaired) electrons. The van der Waals surface area contributed by atoms with Crippen LogP contribution in [0.1, 0.15) is 17.1 Å². The molecule has 0 aliphatic heterocycles. The summed E-state index contributed by atoms with van der Waals surface area (Å²) in [6, 6.07) is 9.32. The van der Waals surface area contributed by atoms with Gasteiger partial charge in [-0.2, -0.15) is 0 Å². The highest BCUT2D eigenvalue weighted by Crippen LogP contribution is 2.20. The molecule has 4 nitrogen and oxygen atoms in total. The number of alkyl halides is 1. The van der Waals surface area contributed by atoms with E-state index in [0.29, 0.717) is 24.1 Å². The van der Waals surface area contributed by atoms with Crippen LogP contribution in [0.3, 0.4) is 0 Å². The van der Waals surface area contributed by atoms with Crippen LogP contribution in [0.2, 0.25) is 0 Å². The van der Waals surface area contributed by atoms with Gasteiger partial charge in [-0.25, -0.2) is 4.98 Å². The van der Waals surface area contributed by atoms with Gasteiger partial charge >= 0.3 is 0 Å². The third kappa shape index (κ3) is 3.58. The highest BCUT2D eigenvalue weighted by molar-refractivity contribution is 6.17. The standard InChI is InChI=1S/C14H15ClN2O2/c1-10-6-7-13(12(8-15)16-10)19-9-11-4-3-5-14(17-11)18-2/h3-7H,8-9H2,1-2H3. The summed E-state index contributed by atoms with van der Waals surface area (Å²) in [4.78, 5) is 8.61. The lowest BCUT2D eigenvalue weighted by molar-refractivity contribution is 0.294. The molecule has 2 heterocycles. The van der Waals surface area contributed by atoms with Crippen LogP contribution in [0.25, 0.3) is 0 Å². The third-order valence-electron chi connectivity index (χ3n) is 2.56. The summed E-state index contributed by atoms with van der Waals surface area (Å²) >= 11 is 5.86. The van der Waals surface area contributed by atoms with Gasteiger partial charge in [0.05, 0.1) is 24.4 Å². The van der Waals surface area contributed by atoms with Gasteiger partial charge in [-0.1, -0.05) is 6.07 Å². The molecule has 0 N–H and O–H groups in total. The Hall–Kier alpha value is -1.81. The van der Waals surface area contributed by atoms with E-state index < -0.39 is 0 Å². The van der Waals surface area contributed by atoms with E-state index in [1.165, 1.54) is 0 Å². The van der Waals surface area contributed by atoms with Crippen LogP contribution in [0.5, 0.6) is 11.6 Å². The largest absolute Gasteiger partial charge is 0.485 e. The van der Waals surface area contributed by atoms with Gasteiger partial charge in [0, 0.05) is 11.8 Å². The van der Waals surface area contributed by atoms with Gasteiger partial charge in [-0.05, 0) is 25.1 Å². The lowest BCUT2D eigenvalue weighted by Gasteiger charge is -2.10. The Morgan fingerprint density at radius 2 is 2.00 bits per heavy atom. The first-order valence-electron chi connectivity index (χ1n) is 5.88. The summed E-state index contributed by atoms with van der Waals surface area (Å²) in [5, 5.41) is 0. The van der Waals surface area contributed by atoms with E-state index in [2.05, 4.69) is 9.97 Å². The maximum absolute atomic E-state index is 5.86. The van der Waals surface area contributed by atoms with Gasteiger partial charge in [0.25, 0.3) is 0 Å². The zero-order valence-corrected chi connectivity index (χ0v) is 11.6. The van der Waals surface area contributed by atoms with Crippen LogP contribution in [0, 0.1) is 6.92 Å².